The van der Waals surface area contributed by atoms with Gasteiger partial charge < -0.3 is 14.8 Å². The lowest BCUT2D eigenvalue weighted by Gasteiger charge is -2.15. The first-order valence-electron chi connectivity index (χ1n) is 7.72. The van der Waals surface area contributed by atoms with Crippen LogP contribution in [0.2, 0.25) is 5.02 Å². The summed E-state index contributed by atoms with van der Waals surface area (Å²) in [4.78, 5) is 24.9. The van der Waals surface area contributed by atoms with Crippen molar-refractivity contribution in [3.05, 3.63) is 29.3 Å². The van der Waals surface area contributed by atoms with E-state index in [0.717, 1.165) is 5.56 Å². The molecule has 1 N–H and O–H groups in total. The average molecular weight is 382 g/mol. The molecule has 0 aliphatic carbocycles. The Labute approximate surface area is 155 Å². The Morgan fingerprint density at radius 1 is 1.36 bits per heavy atom. The molecule has 1 aromatic carbocycles. The molecular weight excluding hydrogens is 362 g/mol. The molecule has 7 nitrogen and oxygen atoms in total. The molecule has 0 bridgehead atoms. The van der Waals surface area contributed by atoms with Gasteiger partial charge in [-0.25, -0.2) is 0 Å². The number of aromatic nitrogens is 3. The molecule has 0 radical (unpaired) electrons. The van der Waals surface area contributed by atoms with E-state index < -0.39 is 0 Å². The van der Waals surface area contributed by atoms with Gasteiger partial charge in [0.1, 0.15) is 0 Å². The van der Waals surface area contributed by atoms with Crippen LogP contribution in [-0.2, 0) is 16.1 Å². The number of halogens is 1. The number of nitrogens with zero attached hydrogens (tertiary/aromatic N) is 4. The van der Waals surface area contributed by atoms with Gasteiger partial charge in [-0.05, 0) is 19.1 Å². The van der Waals surface area contributed by atoms with E-state index >= 15 is 0 Å². The second-order valence-corrected chi connectivity index (χ2v) is 6.65. The van der Waals surface area contributed by atoms with Crippen molar-refractivity contribution in [1.82, 2.24) is 25.0 Å². The number of carbonyl (C=O) groups excluding carboxylic acids is 2. The Morgan fingerprint density at radius 3 is 2.76 bits per heavy atom. The van der Waals surface area contributed by atoms with E-state index in [1.165, 1.54) is 23.7 Å². The zero-order chi connectivity index (χ0) is 18.4. The highest BCUT2D eigenvalue weighted by Gasteiger charge is 2.17. The molecule has 0 atom stereocenters. The first kappa shape index (κ1) is 19.3. The second-order valence-electron chi connectivity index (χ2n) is 5.27. The molecule has 2 amide bonds. The smallest absolute Gasteiger partial charge is 0.239 e. The average Bonchev–Trinajstić information content (AvgIpc) is 3.02. The molecule has 25 heavy (non-hydrogen) atoms. The van der Waals surface area contributed by atoms with Crippen molar-refractivity contribution >= 4 is 35.2 Å². The van der Waals surface area contributed by atoms with Crippen molar-refractivity contribution in [3.63, 3.8) is 0 Å². The molecule has 9 heteroatoms. The number of hydrogen-bond acceptors (Lipinski definition) is 5. The van der Waals surface area contributed by atoms with Crippen molar-refractivity contribution in [3.8, 4) is 11.4 Å². The van der Waals surface area contributed by atoms with Gasteiger partial charge >= 0.3 is 0 Å². The Morgan fingerprint density at radius 2 is 2.12 bits per heavy atom. The number of rotatable bonds is 7. The van der Waals surface area contributed by atoms with E-state index in [1.54, 1.807) is 13.1 Å². The molecule has 2 aromatic rings. The predicted molar refractivity (Wildman–Crippen MR) is 98.6 cm³/mol. The third kappa shape index (κ3) is 4.96. The van der Waals surface area contributed by atoms with E-state index in [0.29, 0.717) is 22.5 Å². The van der Waals surface area contributed by atoms with E-state index in [1.807, 2.05) is 29.7 Å². The van der Waals surface area contributed by atoms with Gasteiger partial charge in [0.25, 0.3) is 0 Å². The number of amides is 2. The highest BCUT2D eigenvalue weighted by molar-refractivity contribution is 7.99. The highest BCUT2D eigenvalue weighted by Crippen LogP contribution is 2.25. The van der Waals surface area contributed by atoms with Crippen LogP contribution in [-0.4, -0.2) is 57.9 Å². The molecule has 0 aliphatic heterocycles. The highest BCUT2D eigenvalue weighted by atomic mass is 35.5. The summed E-state index contributed by atoms with van der Waals surface area (Å²) >= 11 is 7.34. The van der Waals surface area contributed by atoms with Crippen molar-refractivity contribution in [2.45, 2.75) is 18.6 Å². The zero-order valence-electron chi connectivity index (χ0n) is 14.3. The standard InChI is InChI=1S/C16H20ClN5O2S/c1-4-22-15(11-6-5-7-12(17)8-11)19-20-16(22)25-10-14(24)21(3)9-13(23)18-2/h5-8H,4,9-10H2,1-3H3,(H,18,23). The summed E-state index contributed by atoms with van der Waals surface area (Å²) in [7, 11) is 3.14. The maximum absolute atomic E-state index is 12.1. The van der Waals surface area contributed by atoms with Gasteiger partial charge in [0, 0.05) is 31.2 Å². The lowest BCUT2D eigenvalue weighted by molar-refractivity contribution is -0.132. The van der Waals surface area contributed by atoms with Crippen molar-refractivity contribution < 1.29 is 9.59 Å². The minimum absolute atomic E-state index is 0.0319. The van der Waals surface area contributed by atoms with E-state index in [9.17, 15) is 9.59 Å². The largest absolute Gasteiger partial charge is 0.358 e. The molecule has 0 fully saturated rings. The lowest BCUT2D eigenvalue weighted by atomic mass is 10.2. The fourth-order valence-corrected chi connectivity index (χ4v) is 3.27. The van der Waals surface area contributed by atoms with Crippen LogP contribution in [0.3, 0.4) is 0 Å². The van der Waals surface area contributed by atoms with Gasteiger partial charge in [0.05, 0.1) is 12.3 Å². The van der Waals surface area contributed by atoms with Gasteiger partial charge in [-0.1, -0.05) is 35.5 Å². The Bertz CT molecular complexity index is 765. The maximum atomic E-state index is 12.1. The number of benzene rings is 1. The van der Waals surface area contributed by atoms with Crippen LogP contribution < -0.4 is 5.32 Å². The molecule has 1 heterocycles. The normalized spacial score (nSPS) is 10.6. The molecule has 2 rings (SSSR count). The Balaban J connectivity index is 2.08. The zero-order valence-corrected chi connectivity index (χ0v) is 15.9. The monoisotopic (exact) mass is 381 g/mol. The summed E-state index contributed by atoms with van der Waals surface area (Å²) in [5.41, 5.74) is 0.872. The van der Waals surface area contributed by atoms with Crippen LogP contribution in [0, 0.1) is 0 Å². The molecule has 1 aromatic heterocycles. The van der Waals surface area contributed by atoms with Gasteiger partial charge in [-0.3, -0.25) is 9.59 Å². The third-order valence-electron chi connectivity index (χ3n) is 3.53. The number of hydrogen-bond donors (Lipinski definition) is 1. The lowest BCUT2D eigenvalue weighted by Crippen LogP contribution is -2.37. The van der Waals surface area contributed by atoms with Crippen LogP contribution in [0.5, 0.6) is 0 Å². The Kier molecular flexibility index (Phi) is 6.83. The summed E-state index contributed by atoms with van der Waals surface area (Å²) in [6.45, 7) is 2.69. The SMILES string of the molecule is CCn1c(SCC(=O)N(C)CC(=O)NC)nnc1-c1cccc(Cl)c1. The van der Waals surface area contributed by atoms with E-state index in [4.69, 9.17) is 11.6 Å². The van der Waals surface area contributed by atoms with Gasteiger partial charge in [0.15, 0.2) is 11.0 Å². The fourth-order valence-electron chi connectivity index (χ4n) is 2.14. The number of carbonyl (C=O) groups is 2. The van der Waals surface area contributed by atoms with Crippen LogP contribution in [0.4, 0.5) is 0 Å². The second kappa shape index (κ2) is 8.87. The number of nitrogens with one attached hydrogen (secondary N) is 1. The van der Waals surface area contributed by atoms with Crippen LogP contribution in [0.15, 0.2) is 29.4 Å². The molecule has 0 saturated carbocycles. The van der Waals surface area contributed by atoms with Gasteiger partial charge in [0.2, 0.25) is 11.8 Å². The van der Waals surface area contributed by atoms with E-state index in [2.05, 4.69) is 15.5 Å². The molecular formula is C16H20ClN5O2S. The quantitative estimate of drug-likeness (QED) is 0.741. The van der Waals surface area contributed by atoms with Crippen molar-refractivity contribution in [1.29, 1.82) is 0 Å². The molecule has 0 aliphatic rings. The van der Waals surface area contributed by atoms with E-state index in [-0.39, 0.29) is 24.1 Å². The minimum atomic E-state index is -0.208. The minimum Gasteiger partial charge on any atom is -0.358 e. The summed E-state index contributed by atoms with van der Waals surface area (Å²) in [5.74, 6) is 0.532. The molecule has 0 unspecified atom stereocenters. The summed E-state index contributed by atoms with van der Waals surface area (Å²) in [5, 5.41) is 12.2. The van der Waals surface area contributed by atoms with Gasteiger partial charge in [-0.2, -0.15) is 0 Å². The summed E-state index contributed by atoms with van der Waals surface area (Å²) in [6.07, 6.45) is 0. The molecule has 0 saturated heterocycles. The predicted octanol–water partition coefficient (Wildman–Crippen LogP) is 1.91. The summed E-state index contributed by atoms with van der Waals surface area (Å²) < 4.78 is 1.93. The first-order valence-corrected chi connectivity index (χ1v) is 9.09. The molecule has 0 spiro atoms. The first-order chi connectivity index (χ1) is 12.0. The Hall–Kier alpha value is -2.06. The van der Waals surface area contributed by atoms with Crippen LogP contribution in [0.25, 0.3) is 11.4 Å². The number of thioether (sulfide) groups is 1. The van der Waals surface area contributed by atoms with Gasteiger partial charge in [-0.15, -0.1) is 10.2 Å². The fraction of sp³-hybridized carbons (Fsp3) is 0.375. The molecule has 134 valence electrons. The van der Waals surface area contributed by atoms with Crippen LogP contribution >= 0.6 is 23.4 Å². The number of likely N-dealkylation sites (N-methyl/N-ethyl adjacent to an activating group) is 2. The third-order valence-corrected chi connectivity index (χ3v) is 4.71. The van der Waals surface area contributed by atoms with Crippen LogP contribution in [0.1, 0.15) is 6.92 Å². The topological polar surface area (TPSA) is 80.1 Å². The van der Waals surface area contributed by atoms with Crippen molar-refractivity contribution in [2.75, 3.05) is 26.4 Å². The maximum Gasteiger partial charge on any atom is 0.239 e. The summed E-state index contributed by atoms with van der Waals surface area (Å²) in [6, 6.07) is 7.40. The van der Waals surface area contributed by atoms with Crippen molar-refractivity contribution in [2.24, 2.45) is 0 Å².